The molecule has 3 aromatic carbocycles. The molecular formula is C24H16FNO. The maximum atomic E-state index is 13.1. The second kappa shape index (κ2) is 7.31. The molecule has 0 saturated heterocycles. The smallest absolute Gasteiger partial charge is 0.228 e. The maximum Gasteiger partial charge on any atom is 0.228 e. The van der Waals surface area contributed by atoms with Crippen molar-refractivity contribution >= 4 is 0 Å². The summed E-state index contributed by atoms with van der Waals surface area (Å²) in [4.78, 5) is 4.68. The first-order chi connectivity index (χ1) is 13.2. The third-order valence-electron chi connectivity index (χ3n) is 4.14. The number of hydrogen-bond acceptors (Lipinski definition) is 2. The van der Waals surface area contributed by atoms with Gasteiger partial charge in [-0.15, -0.1) is 0 Å². The number of benzene rings is 3. The molecule has 0 unspecified atom stereocenters. The summed E-state index contributed by atoms with van der Waals surface area (Å²) >= 11 is 0. The molecule has 130 valence electrons. The predicted molar refractivity (Wildman–Crippen MR) is 104 cm³/mol. The van der Waals surface area contributed by atoms with E-state index in [1.165, 1.54) is 17.7 Å². The highest BCUT2D eigenvalue weighted by molar-refractivity contribution is 5.69. The largest absolute Gasteiger partial charge is 0.427 e. The third kappa shape index (κ3) is 3.80. The van der Waals surface area contributed by atoms with Gasteiger partial charge in [-0.25, -0.2) is 9.37 Å². The second-order valence-corrected chi connectivity index (χ2v) is 6.19. The summed E-state index contributed by atoms with van der Waals surface area (Å²) in [7, 11) is 0. The van der Waals surface area contributed by atoms with Crippen molar-refractivity contribution in [2.24, 2.45) is 0 Å². The first-order valence-corrected chi connectivity index (χ1v) is 8.60. The molecule has 0 atom stereocenters. The molecule has 0 amide bonds. The van der Waals surface area contributed by atoms with Gasteiger partial charge >= 0.3 is 0 Å². The molecule has 0 N–H and O–H groups in total. The van der Waals surface area contributed by atoms with Crippen LogP contribution in [0.2, 0.25) is 0 Å². The Kier molecular flexibility index (Phi) is 4.55. The van der Waals surface area contributed by atoms with Gasteiger partial charge in [0.15, 0.2) is 0 Å². The fraction of sp³-hybridized carbons (Fsp3) is 0.0417. The highest BCUT2D eigenvalue weighted by Gasteiger charge is 2.14. The van der Waals surface area contributed by atoms with Gasteiger partial charge < -0.3 is 4.42 Å². The van der Waals surface area contributed by atoms with E-state index >= 15 is 0 Å². The van der Waals surface area contributed by atoms with Crippen molar-refractivity contribution in [3.63, 3.8) is 0 Å². The molecule has 27 heavy (non-hydrogen) atoms. The van der Waals surface area contributed by atoms with Crippen LogP contribution in [0.4, 0.5) is 4.39 Å². The lowest BCUT2D eigenvalue weighted by Gasteiger charge is -1.96. The summed E-state index contributed by atoms with van der Waals surface area (Å²) in [5, 5.41) is 0. The van der Waals surface area contributed by atoms with Gasteiger partial charge in [0.25, 0.3) is 0 Å². The molecule has 2 nitrogen and oxygen atoms in total. The van der Waals surface area contributed by atoms with Crippen molar-refractivity contribution < 1.29 is 8.81 Å². The highest BCUT2D eigenvalue weighted by Crippen LogP contribution is 2.28. The van der Waals surface area contributed by atoms with E-state index in [4.69, 9.17) is 4.42 Å². The normalized spacial score (nSPS) is 10.3. The zero-order valence-corrected chi connectivity index (χ0v) is 14.7. The zero-order valence-electron chi connectivity index (χ0n) is 14.7. The molecule has 0 saturated carbocycles. The van der Waals surface area contributed by atoms with Crippen LogP contribution in [0.5, 0.6) is 0 Å². The van der Waals surface area contributed by atoms with Crippen LogP contribution < -0.4 is 0 Å². The van der Waals surface area contributed by atoms with Crippen molar-refractivity contribution in [3.05, 3.63) is 102 Å². The maximum absolute atomic E-state index is 13.1. The molecule has 0 aliphatic heterocycles. The number of oxazole rings is 1. The van der Waals surface area contributed by atoms with Gasteiger partial charge in [0, 0.05) is 16.7 Å². The van der Waals surface area contributed by atoms with E-state index in [0.717, 1.165) is 11.1 Å². The molecule has 1 aromatic heterocycles. The van der Waals surface area contributed by atoms with Gasteiger partial charge in [-0.05, 0) is 49.2 Å². The lowest BCUT2D eigenvalue weighted by molar-refractivity contribution is 0.562. The first kappa shape index (κ1) is 16.8. The molecule has 4 rings (SSSR count). The average Bonchev–Trinajstić information content (AvgIpc) is 3.13. The van der Waals surface area contributed by atoms with Crippen LogP contribution in [0.1, 0.15) is 16.9 Å². The van der Waals surface area contributed by atoms with Crippen molar-refractivity contribution in [3.8, 4) is 34.6 Å². The van der Waals surface area contributed by atoms with E-state index in [2.05, 4.69) is 16.8 Å². The van der Waals surface area contributed by atoms with E-state index in [0.29, 0.717) is 22.9 Å². The lowest BCUT2D eigenvalue weighted by atomic mass is 10.1. The summed E-state index contributed by atoms with van der Waals surface area (Å²) in [6.45, 7) is 2.04. The van der Waals surface area contributed by atoms with Gasteiger partial charge in [-0.1, -0.05) is 53.9 Å². The van der Waals surface area contributed by atoms with Crippen LogP contribution in [0, 0.1) is 24.6 Å². The molecule has 0 aliphatic carbocycles. The Bertz CT molecular complexity index is 1120. The Morgan fingerprint density at radius 2 is 1.48 bits per heavy atom. The molecule has 0 spiro atoms. The van der Waals surface area contributed by atoms with Crippen molar-refractivity contribution in [2.45, 2.75) is 6.92 Å². The SMILES string of the molecule is Cc1ccc(-c2nc(-c3ccccc3)c(C#Cc3ccc(F)cc3)o2)cc1. The Hall–Kier alpha value is -3.64. The second-order valence-electron chi connectivity index (χ2n) is 6.19. The van der Waals surface area contributed by atoms with Crippen molar-refractivity contribution in [1.29, 1.82) is 0 Å². The van der Waals surface area contributed by atoms with Crippen LogP contribution in [0.25, 0.3) is 22.7 Å². The number of aromatic nitrogens is 1. The average molecular weight is 353 g/mol. The summed E-state index contributed by atoms with van der Waals surface area (Å²) in [5.74, 6) is 6.80. The van der Waals surface area contributed by atoms with Crippen LogP contribution in [-0.4, -0.2) is 4.98 Å². The minimum absolute atomic E-state index is 0.285. The summed E-state index contributed by atoms with van der Waals surface area (Å²) in [5.41, 5.74) is 4.41. The number of halogens is 1. The van der Waals surface area contributed by atoms with Crippen LogP contribution in [0.3, 0.4) is 0 Å². The van der Waals surface area contributed by atoms with E-state index in [1.54, 1.807) is 12.1 Å². The summed E-state index contributed by atoms with van der Waals surface area (Å²) in [6, 6.07) is 23.9. The van der Waals surface area contributed by atoms with Crippen molar-refractivity contribution in [2.75, 3.05) is 0 Å². The van der Waals surface area contributed by atoms with Gasteiger partial charge in [-0.2, -0.15) is 0 Å². The van der Waals surface area contributed by atoms with E-state index < -0.39 is 0 Å². The molecule has 0 aliphatic rings. The Morgan fingerprint density at radius 1 is 0.778 bits per heavy atom. The topological polar surface area (TPSA) is 26.0 Å². The molecule has 0 fully saturated rings. The number of rotatable bonds is 2. The fourth-order valence-electron chi connectivity index (χ4n) is 2.68. The Morgan fingerprint density at radius 3 is 2.19 bits per heavy atom. The summed E-state index contributed by atoms with van der Waals surface area (Å²) in [6.07, 6.45) is 0. The number of hydrogen-bond donors (Lipinski definition) is 0. The molecule has 1 heterocycles. The van der Waals surface area contributed by atoms with Crippen LogP contribution >= 0.6 is 0 Å². The van der Waals surface area contributed by atoms with Crippen molar-refractivity contribution in [1.82, 2.24) is 4.98 Å². The lowest BCUT2D eigenvalue weighted by Crippen LogP contribution is -1.82. The molecule has 0 radical (unpaired) electrons. The minimum Gasteiger partial charge on any atom is -0.427 e. The first-order valence-electron chi connectivity index (χ1n) is 8.60. The summed E-state index contributed by atoms with van der Waals surface area (Å²) < 4.78 is 19.1. The van der Waals surface area contributed by atoms with Gasteiger partial charge in [0.2, 0.25) is 11.7 Å². The fourth-order valence-corrected chi connectivity index (χ4v) is 2.68. The van der Waals surface area contributed by atoms with E-state index in [9.17, 15) is 4.39 Å². The predicted octanol–water partition coefficient (Wildman–Crippen LogP) is 5.86. The highest BCUT2D eigenvalue weighted by atomic mass is 19.1. The number of nitrogens with zero attached hydrogens (tertiary/aromatic N) is 1. The van der Waals surface area contributed by atoms with E-state index in [1.807, 2.05) is 61.5 Å². The van der Waals surface area contributed by atoms with E-state index in [-0.39, 0.29) is 5.82 Å². The van der Waals surface area contributed by atoms with Gasteiger partial charge in [-0.3, -0.25) is 0 Å². The van der Waals surface area contributed by atoms with Crippen LogP contribution in [0.15, 0.2) is 83.3 Å². The molecule has 4 aromatic rings. The van der Waals surface area contributed by atoms with Gasteiger partial charge in [0.05, 0.1) is 0 Å². The molecule has 3 heteroatoms. The zero-order chi connectivity index (χ0) is 18.6. The number of aryl methyl sites for hydroxylation is 1. The quantitative estimate of drug-likeness (QED) is 0.422. The minimum atomic E-state index is -0.285. The van der Waals surface area contributed by atoms with Crippen LogP contribution in [-0.2, 0) is 0 Å². The standard InChI is InChI=1S/C24H16FNO/c1-17-7-12-20(13-8-17)24-26-23(19-5-3-2-4-6-19)22(27-24)16-11-18-9-14-21(25)15-10-18/h2-10,12-15H,1H3. The Labute approximate surface area is 157 Å². The molecule has 0 bridgehead atoms. The molecular weight excluding hydrogens is 337 g/mol. The monoisotopic (exact) mass is 353 g/mol. The third-order valence-corrected chi connectivity index (χ3v) is 4.14. The van der Waals surface area contributed by atoms with Gasteiger partial charge in [0.1, 0.15) is 11.5 Å². The Balaban J connectivity index is 1.79.